The van der Waals surface area contributed by atoms with Crippen LogP contribution in [0.25, 0.3) is 0 Å². The molecule has 0 saturated heterocycles. The molecule has 10 N–H and O–H groups in total. The molecular formula is C38H78N10O5. The summed E-state index contributed by atoms with van der Waals surface area (Å²) in [7, 11) is 11.1. The van der Waals surface area contributed by atoms with E-state index in [1.54, 1.807) is 14.1 Å². The molecule has 0 fully saturated rings. The van der Waals surface area contributed by atoms with Crippen molar-refractivity contribution in [1.29, 1.82) is 0 Å². The van der Waals surface area contributed by atoms with Gasteiger partial charge in [-0.2, -0.15) is 0 Å². The molecule has 0 heterocycles. The van der Waals surface area contributed by atoms with Crippen molar-refractivity contribution in [2.24, 2.45) is 0 Å². The van der Waals surface area contributed by atoms with Gasteiger partial charge in [-0.1, -0.05) is 12.8 Å². The molecule has 0 spiro atoms. The first-order chi connectivity index (χ1) is 25.6. The van der Waals surface area contributed by atoms with Gasteiger partial charge < -0.3 is 53.2 Å². The largest absolute Gasteiger partial charge is 0.354 e. The molecular weight excluding hydrogens is 676 g/mol. The molecule has 0 rings (SSSR count). The summed E-state index contributed by atoms with van der Waals surface area (Å²) in [5.41, 5.74) is 0. The average Bonchev–Trinajstić information content (AvgIpc) is 3.13. The first kappa shape index (κ1) is 50.3. The lowest BCUT2D eigenvalue weighted by atomic mass is 10.0. The van der Waals surface area contributed by atoms with Gasteiger partial charge in [0.2, 0.25) is 23.6 Å². The predicted octanol–water partition coefficient (Wildman–Crippen LogP) is 0.441. The maximum Gasteiger partial charge on any atom is 0.242 e. The Balaban J connectivity index is 5.32. The number of rotatable bonds is 36. The number of nitrogens with one attached hydrogen (secondary N) is 10. The second-order valence-electron chi connectivity index (χ2n) is 14.1. The Kier molecular flexibility index (Phi) is 32.1. The standard InChI is InChI=1S/C38H78N10O5/c1-29(49)28-30(46-38(53)34(22-12-16-26-42-5)48-37(52)32(44-7)20-10-14-24-40-3)18-8-17-27-45-35(50)33(21-11-15-25-41-4)47-36(51)31(43-6)19-9-13-23-39-2/h30-34,39-44H,8-28H2,1-7H3,(H,45,50)(H,46,53)(H,47,51)(H,48,52). The van der Waals surface area contributed by atoms with Crippen LogP contribution < -0.4 is 53.2 Å². The number of Topliss-reactive ketones (excluding diaryl/α,β-unsaturated/α-hetero) is 1. The van der Waals surface area contributed by atoms with Gasteiger partial charge in [0.1, 0.15) is 17.9 Å². The topological polar surface area (TPSA) is 206 Å². The second-order valence-corrected chi connectivity index (χ2v) is 14.1. The lowest BCUT2D eigenvalue weighted by molar-refractivity contribution is -0.131. The van der Waals surface area contributed by atoms with Gasteiger partial charge in [0, 0.05) is 19.0 Å². The van der Waals surface area contributed by atoms with Crippen LogP contribution >= 0.6 is 0 Å². The van der Waals surface area contributed by atoms with Crippen molar-refractivity contribution in [3.05, 3.63) is 0 Å². The van der Waals surface area contributed by atoms with Gasteiger partial charge in [0.05, 0.1) is 12.1 Å². The van der Waals surface area contributed by atoms with Crippen molar-refractivity contribution in [2.75, 3.05) is 75.0 Å². The van der Waals surface area contributed by atoms with Gasteiger partial charge in [-0.15, -0.1) is 0 Å². The molecule has 0 aliphatic heterocycles. The SMILES string of the molecule is CNCCCCC(NC)C(=O)NC(CCCCNC)C(=O)NCCCCC(CC(C)=O)NC(=O)C(CCCCNC)NC(=O)C(CCCCNC)NC. The molecule has 0 aromatic rings. The molecule has 15 heteroatoms. The van der Waals surface area contributed by atoms with Crippen LogP contribution in [-0.4, -0.2) is 135 Å². The second kappa shape index (κ2) is 33.8. The monoisotopic (exact) mass is 755 g/mol. The minimum Gasteiger partial charge on any atom is -0.354 e. The molecule has 0 bridgehead atoms. The van der Waals surface area contributed by atoms with Crippen LogP contribution in [0.4, 0.5) is 0 Å². The zero-order valence-corrected chi connectivity index (χ0v) is 34.3. The molecule has 0 aliphatic carbocycles. The van der Waals surface area contributed by atoms with Crippen LogP contribution in [0, 0.1) is 0 Å². The molecule has 5 unspecified atom stereocenters. The Morgan fingerprint density at radius 3 is 1.11 bits per heavy atom. The maximum absolute atomic E-state index is 13.6. The van der Waals surface area contributed by atoms with Gasteiger partial charge in [-0.05, 0) is 159 Å². The van der Waals surface area contributed by atoms with Crippen molar-refractivity contribution < 1.29 is 24.0 Å². The number of hydrogen-bond donors (Lipinski definition) is 10. The third-order valence-corrected chi connectivity index (χ3v) is 9.43. The van der Waals surface area contributed by atoms with E-state index in [1.807, 2.05) is 28.2 Å². The Hall–Kier alpha value is -2.69. The van der Waals surface area contributed by atoms with E-state index in [2.05, 4.69) is 53.2 Å². The highest BCUT2D eigenvalue weighted by Crippen LogP contribution is 2.10. The molecule has 5 atom stereocenters. The fourth-order valence-electron chi connectivity index (χ4n) is 6.22. The van der Waals surface area contributed by atoms with E-state index in [-0.39, 0.29) is 47.9 Å². The molecule has 0 aromatic carbocycles. The van der Waals surface area contributed by atoms with Crippen molar-refractivity contribution in [1.82, 2.24) is 53.2 Å². The Labute approximate surface area is 321 Å². The normalized spacial score (nSPS) is 14.1. The highest BCUT2D eigenvalue weighted by molar-refractivity contribution is 5.90. The number of likely N-dealkylation sites (N-methyl/N-ethyl adjacent to an activating group) is 2. The first-order valence-electron chi connectivity index (χ1n) is 20.2. The van der Waals surface area contributed by atoms with E-state index in [4.69, 9.17) is 0 Å². The molecule has 0 radical (unpaired) electrons. The Morgan fingerprint density at radius 2 is 0.736 bits per heavy atom. The van der Waals surface area contributed by atoms with Gasteiger partial charge >= 0.3 is 0 Å². The maximum atomic E-state index is 13.6. The van der Waals surface area contributed by atoms with Gasteiger partial charge in [0.15, 0.2) is 0 Å². The van der Waals surface area contributed by atoms with E-state index in [0.29, 0.717) is 51.5 Å². The quantitative estimate of drug-likeness (QED) is 0.0398. The summed E-state index contributed by atoms with van der Waals surface area (Å²) in [6.45, 7) is 5.33. The summed E-state index contributed by atoms with van der Waals surface area (Å²) in [6, 6.07) is -2.50. The minimum absolute atomic E-state index is 0.0335. The molecule has 0 aromatic heterocycles. The van der Waals surface area contributed by atoms with Gasteiger partial charge in [0.25, 0.3) is 0 Å². The summed E-state index contributed by atoms with van der Waals surface area (Å²) in [4.78, 5) is 65.4. The highest BCUT2D eigenvalue weighted by atomic mass is 16.2. The van der Waals surface area contributed by atoms with Crippen LogP contribution in [0.5, 0.6) is 0 Å². The van der Waals surface area contributed by atoms with Gasteiger partial charge in [-0.25, -0.2) is 0 Å². The van der Waals surface area contributed by atoms with Crippen molar-refractivity contribution in [3.63, 3.8) is 0 Å². The van der Waals surface area contributed by atoms with E-state index >= 15 is 0 Å². The molecule has 310 valence electrons. The fourth-order valence-corrected chi connectivity index (χ4v) is 6.22. The third-order valence-electron chi connectivity index (χ3n) is 9.43. The van der Waals surface area contributed by atoms with Crippen LogP contribution in [0.1, 0.15) is 110 Å². The molecule has 0 saturated carbocycles. The smallest absolute Gasteiger partial charge is 0.242 e. The summed E-state index contributed by atoms with van der Waals surface area (Å²) >= 11 is 0. The van der Waals surface area contributed by atoms with Gasteiger partial charge in [-0.3, -0.25) is 24.0 Å². The zero-order valence-electron chi connectivity index (χ0n) is 34.3. The third kappa shape index (κ3) is 25.9. The Bertz CT molecular complexity index is 989. The van der Waals surface area contributed by atoms with E-state index in [9.17, 15) is 24.0 Å². The number of carbonyl (C=O) groups is 5. The minimum atomic E-state index is -0.711. The Morgan fingerprint density at radius 1 is 0.396 bits per heavy atom. The lowest BCUT2D eigenvalue weighted by Gasteiger charge is -2.25. The molecule has 4 amide bonds. The number of unbranched alkanes of at least 4 members (excludes halogenated alkanes) is 5. The van der Waals surface area contributed by atoms with Crippen molar-refractivity contribution in [2.45, 2.75) is 140 Å². The number of amides is 4. The average molecular weight is 755 g/mol. The highest BCUT2D eigenvalue weighted by Gasteiger charge is 2.27. The summed E-state index contributed by atoms with van der Waals surface area (Å²) in [6.07, 6.45) is 11.4. The van der Waals surface area contributed by atoms with E-state index in [0.717, 1.165) is 77.5 Å². The van der Waals surface area contributed by atoms with E-state index in [1.165, 1.54) is 6.92 Å². The number of carbonyl (C=O) groups excluding carboxylic acids is 5. The molecule has 0 aliphatic rings. The lowest BCUT2D eigenvalue weighted by Crippen LogP contribution is -2.54. The summed E-state index contributed by atoms with van der Waals surface area (Å²) in [5, 5.41) is 30.7. The van der Waals surface area contributed by atoms with Crippen LogP contribution in [0.3, 0.4) is 0 Å². The van der Waals surface area contributed by atoms with Crippen molar-refractivity contribution >= 4 is 29.4 Å². The summed E-state index contributed by atoms with van der Waals surface area (Å²) in [5.74, 6) is -0.900. The van der Waals surface area contributed by atoms with E-state index < -0.39 is 18.1 Å². The summed E-state index contributed by atoms with van der Waals surface area (Å²) < 4.78 is 0. The zero-order chi connectivity index (χ0) is 39.7. The number of hydrogen-bond acceptors (Lipinski definition) is 11. The molecule has 15 nitrogen and oxygen atoms in total. The van der Waals surface area contributed by atoms with Crippen LogP contribution in [0.15, 0.2) is 0 Å². The number of ketones is 1. The fraction of sp³-hybridized carbons (Fsp3) is 0.868. The van der Waals surface area contributed by atoms with Crippen LogP contribution in [0.2, 0.25) is 0 Å². The van der Waals surface area contributed by atoms with Crippen molar-refractivity contribution in [3.8, 4) is 0 Å². The van der Waals surface area contributed by atoms with Crippen LogP contribution in [-0.2, 0) is 24.0 Å². The first-order valence-corrected chi connectivity index (χ1v) is 20.2. The molecule has 53 heavy (non-hydrogen) atoms. The predicted molar refractivity (Wildman–Crippen MR) is 215 cm³/mol.